The van der Waals surface area contributed by atoms with Crippen molar-refractivity contribution in [1.29, 1.82) is 0 Å². The Morgan fingerprint density at radius 1 is 0.967 bits per heavy atom. The van der Waals surface area contributed by atoms with Crippen molar-refractivity contribution in [1.82, 2.24) is 29.4 Å². The molecule has 3 saturated heterocycles. The summed E-state index contributed by atoms with van der Waals surface area (Å²) < 4.78 is 52.8. The second-order valence-electron chi connectivity index (χ2n) is 16.4. The van der Waals surface area contributed by atoms with Crippen LogP contribution >= 0.6 is 11.6 Å². The number of likely N-dealkylation sites (N-methyl/N-ethyl adjacent to an activating group) is 1. The number of esters is 1. The topological polar surface area (TPSA) is 161 Å². The molecule has 19 heteroatoms. The van der Waals surface area contributed by atoms with Crippen LogP contribution in [0.1, 0.15) is 49.3 Å². The lowest BCUT2D eigenvalue weighted by atomic mass is 9.86. The summed E-state index contributed by atoms with van der Waals surface area (Å²) in [6.45, 7) is 6.08. The van der Waals surface area contributed by atoms with E-state index in [1.54, 1.807) is 23.9 Å². The molecule has 328 valence electrons. The quantitative estimate of drug-likeness (QED) is 0.262. The Balaban J connectivity index is 1.07. The maximum Gasteiger partial charge on any atom is 0.418 e. The summed E-state index contributed by atoms with van der Waals surface area (Å²) in [4.78, 5) is 75.8. The highest BCUT2D eigenvalue weighted by Crippen LogP contribution is 2.38. The van der Waals surface area contributed by atoms with Gasteiger partial charge in [0.2, 0.25) is 0 Å². The average Bonchev–Trinajstić information content (AvgIpc) is 3.38. The molecule has 0 aromatic heterocycles. The summed E-state index contributed by atoms with van der Waals surface area (Å²) in [6, 6.07) is 9.39. The van der Waals surface area contributed by atoms with Crippen LogP contribution in [-0.4, -0.2) is 163 Å². The number of hydrogen-bond acceptors (Lipinski definition) is 10. The van der Waals surface area contributed by atoms with Crippen LogP contribution in [0.2, 0.25) is 5.02 Å². The molecule has 2 aromatic carbocycles. The molecular formula is C41H54ClF3N8O7. The molecular weight excluding hydrogens is 809 g/mol. The number of halogens is 4. The van der Waals surface area contributed by atoms with Gasteiger partial charge >= 0.3 is 24.3 Å². The van der Waals surface area contributed by atoms with Crippen LogP contribution in [0.15, 0.2) is 36.4 Å². The number of carbonyl (C=O) groups is 5. The summed E-state index contributed by atoms with van der Waals surface area (Å²) in [6.07, 6.45) is -4.60. The highest BCUT2D eigenvalue weighted by molar-refractivity contribution is 6.33. The average molecular weight is 863 g/mol. The number of nitrogens with zero attached hydrogens (tertiary/aromatic N) is 6. The minimum atomic E-state index is -4.81. The number of alkyl halides is 3. The number of amides is 5. The van der Waals surface area contributed by atoms with Crippen LogP contribution < -0.4 is 11.1 Å². The number of urea groups is 1. The Bertz CT molecular complexity index is 1910. The van der Waals surface area contributed by atoms with E-state index < -0.39 is 41.5 Å². The van der Waals surface area contributed by atoms with Gasteiger partial charge in [-0.1, -0.05) is 29.8 Å². The van der Waals surface area contributed by atoms with Crippen molar-refractivity contribution < 1.29 is 46.6 Å². The molecule has 4 aliphatic rings. The van der Waals surface area contributed by atoms with Crippen molar-refractivity contribution in [2.45, 2.75) is 69.3 Å². The van der Waals surface area contributed by atoms with Gasteiger partial charge in [-0.2, -0.15) is 13.2 Å². The largest absolute Gasteiger partial charge is 0.455 e. The fourth-order valence-electron chi connectivity index (χ4n) is 8.39. The lowest BCUT2D eigenvalue weighted by molar-refractivity contribution is -0.152. The molecule has 0 radical (unpaired) electrons. The third kappa shape index (κ3) is 10.7. The van der Waals surface area contributed by atoms with Gasteiger partial charge in [0, 0.05) is 96.7 Å². The van der Waals surface area contributed by atoms with Crippen LogP contribution in [0.4, 0.5) is 34.1 Å². The number of anilines is 2. The van der Waals surface area contributed by atoms with Crippen LogP contribution in [-0.2, 0) is 42.9 Å². The molecule has 5 amide bonds. The molecule has 0 unspecified atom stereocenters. The summed E-state index contributed by atoms with van der Waals surface area (Å²) in [5, 5.41) is 2.65. The lowest BCUT2D eigenvalue weighted by Crippen LogP contribution is -2.61. The Kier molecular flexibility index (Phi) is 14.1. The van der Waals surface area contributed by atoms with E-state index in [4.69, 9.17) is 26.8 Å². The molecule has 1 atom stereocenters. The zero-order chi connectivity index (χ0) is 43.4. The summed E-state index contributed by atoms with van der Waals surface area (Å²) in [7, 11) is 3.17. The Morgan fingerprint density at radius 2 is 1.63 bits per heavy atom. The maximum absolute atomic E-state index is 14.3. The van der Waals surface area contributed by atoms with Crippen molar-refractivity contribution >= 4 is 52.9 Å². The van der Waals surface area contributed by atoms with Crippen molar-refractivity contribution in [3.8, 4) is 0 Å². The molecule has 0 aliphatic carbocycles. The van der Waals surface area contributed by atoms with Gasteiger partial charge < -0.3 is 40.1 Å². The van der Waals surface area contributed by atoms with Gasteiger partial charge in [0.1, 0.15) is 0 Å². The van der Waals surface area contributed by atoms with E-state index in [-0.39, 0.29) is 66.8 Å². The monoisotopic (exact) mass is 862 g/mol. The number of hydrogen-bond donors (Lipinski definition) is 2. The minimum Gasteiger partial charge on any atom is -0.455 e. The van der Waals surface area contributed by atoms with E-state index in [0.29, 0.717) is 77.9 Å². The van der Waals surface area contributed by atoms with E-state index in [1.165, 1.54) is 15.9 Å². The fourth-order valence-corrected chi connectivity index (χ4v) is 8.63. The van der Waals surface area contributed by atoms with Crippen molar-refractivity contribution in [2.75, 3.05) is 97.2 Å². The number of carbonyl (C=O) groups excluding carboxylic acids is 5. The van der Waals surface area contributed by atoms with Crippen LogP contribution in [0.5, 0.6) is 0 Å². The third-order valence-corrected chi connectivity index (χ3v) is 12.5. The number of piperidine rings is 2. The maximum atomic E-state index is 14.3. The van der Waals surface area contributed by atoms with E-state index in [1.807, 2.05) is 29.2 Å². The third-order valence-electron chi connectivity index (χ3n) is 12.2. The smallest absolute Gasteiger partial charge is 0.418 e. The van der Waals surface area contributed by atoms with Crippen LogP contribution in [0.3, 0.4) is 0 Å². The van der Waals surface area contributed by atoms with Crippen LogP contribution in [0, 0.1) is 0 Å². The number of nitrogen functional groups attached to an aromatic ring is 1. The molecule has 4 aliphatic heterocycles. The van der Waals surface area contributed by atoms with Crippen molar-refractivity contribution in [2.24, 2.45) is 0 Å². The zero-order valence-electron chi connectivity index (χ0n) is 34.3. The fraction of sp³-hybridized carbons (Fsp3) is 0.585. The first-order valence-electron chi connectivity index (χ1n) is 20.3. The molecule has 4 heterocycles. The molecule has 2 aromatic rings. The Morgan fingerprint density at radius 3 is 2.28 bits per heavy atom. The Labute approximate surface area is 352 Å². The number of piperazine rings is 1. The number of fused-ring (bicyclic) bond motifs is 1. The van der Waals surface area contributed by atoms with Gasteiger partial charge in [0.25, 0.3) is 11.8 Å². The normalized spacial score (nSPS) is 19.8. The molecule has 0 bridgehead atoms. The second-order valence-corrected chi connectivity index (χ2v) is 16.8. The molecule has 15 nitrogen and oxygen atoms in total. The van der Waals surface area contributed by atoms with E-state index in [2.05, 4.69) is 17.1 Å². The molecule has 0 spiro atoms. The predicted molar refractivity (Wildman–Crippen MR) is 217 cm³/mol. The highest BCUT2D eigenvalue weighted by Gasteiger charge is 2.42. The van der Waals surface area contributed by atoms with E-state index in [9.17, 15) is 37.1 Å². The van der Waals surface area contributed by atoms with E-state index in [0.717, 1.165) is 17.3 Å². The van der Waals surface area contributed by atoms with Gasteiger partial charge in [-0.05, 0) is 68.4 Å². The number of benzene rings is 2. The van der Waals surface area contributed by atoms with Gasteiger partial charge in [-0.25, -0.2) is 9.59 Å². The number of rotatable bonds is 10. The SMILES string of the molecule is CN(C)C(=O)COC(=O)CN1CCN(C2(C)CCN(C(=O)[C@@H](Cc3cc(Cl)c(N)c(C(F)(F)F)c3)OC(=O)N3CCC(N4CCc5ccccc5NC4=O)CC3)CC2)CC1. The summed E-state index contributed by atoms with van der Waals surface area (Å²) in [5.74, 6) is -1.30. The lowest BCUT2D eigenvalue weighted by Gasteiger charge is -2.50. The number of para-hydroxylation sites is 1. The van der Waals surface area contributed by atoms with Crippen molar-refractivity contribution in [3.05, 3.63) is 58.1 Å². The van der Waals surface area contributed by atoms with Gasteiger partial charge in [-0.15, -0.1) is 0 Å². The summed E-state index contributed by atoms with van der Waals surface area (Å²) in [5.41, 5.74) is 5.48. The molecule has 60 heavy (non-hydrogen) atoms. The molecule has 3 fully saturated rings. The van der Waals surface area contributed by atoms with Gasteiger partial charge in [-0.3, -0.25) is 24.2 Å². The number of likely N-dealkylation sites (tertiary alicyclic amines) is 2. The second kappa shape index (κ2) is 18.8. The van der Waals surface area contributed by atoms with E-state index >= 15 is 0 Å². The highest BCUT2D eigenvalue weighted by atomic mass is 35.5. The van der Waals surface area contributed by atoms with Gasteiger partial charge in [0.05, 0.1) is 22.8 Å². The number of nitrogens with two attached hydrogens (primary N) is 1. The zero-order valence-corrected chi connectivity index (χ0v) is 35.0. The Hall–Kier alpha value is -4.81. The molecule has 0 saturated carbocycles. The predicted octanol–water partition coefficient (Wildman–Crippen LogP) is 4.17. The minimum absolute atomic E-state index is 0.0347. The van der Waals surface area contributed by atoms with Gasteiger partial charge in [0.15, 0.2) is 12.7 Å². The van der Waals surface area contributed by atoms with Crippen LogP contribution in [0.25, 0.3) is 0 Å². The van der Waals surface area contributed by atoms with Crippen molar-refractivity contribution in [3.63, 3.8) is 0 Å². The number of ether oxygens (including phenoxy) is 2. The molecule has 6 rings (SSSR count). The first-order chi connectivity index (χ1) is 28.4. The standard InChI is InChI=1S/C41H54ClF3N8O7/c1-40(52-20-18-49(19-21-52)25-35(55)59-26-34(54)48(2)3)11-16-50(17-12-40)37(56)33(24-27-22-30(41(43,44)45)36(46)31(42)23-27)60-39(58)51-13-9-29(10-14-51)53-15-8-28-6-4-5-7-32(28)47-38(53)57/h4-7,22-23,29,33H,8-21,24-26,46H2,1-3H3,(H,47,57)/t33-/m1/s1. The number of nitrogens with one attached hydrogen (secondary N) is 1. The molecule has 3 N–H and O–H groups in total. The first kappa shape index (κ1) is 44.7. The summed E-state index contributed by atoms with van der Waals surface area (Å²) >= 11 is 6.15. The first-order valence-corrected chi connectivity index (χ1v) is 20.7.